The summed E-state index contributed by atoms with van der Waals surface area (Å²) in [7, 11) is -3.29. The van der Waals surface area contributed by atoms with E-state index < -0.39 is 10.0 Å². The number of rotatable bonds is 6. The topological polar surface area (TPSA) is 86.8 Å². The van der Waals surface area contributed by atoms with Gasteiger partial charge in [0.25, 0.3) is 0 Å². The quantitative estimate of drug-likeness (QED) is 0.768. The Morgan fingerprint density at radius 1 is 1.22 bits per heavy atom. The Hall–Kier alpha value is -1.93. The van der Waals surface area contributed by atoms with E-state index in [9.17, 15) is 18.0 Å². The maximum absolute atomic E-state index is 12.5. The molecular formula is C19H27N3O4S. The van der Waals surface area contributed by atoms with Crippen LogP contribution in [0.25, 0.3) is 0 Å². The van der Waals surface area contributed by atoms with Crippen LogP contribution in [0.15, 0.2) is 30.3 Å². The maximum Gasteiger partial charge on any atom is 0.239 e. The first kappa shape index (κ1) is 19.8. The lowest BCUT2D eigenvalue weighted by atomic mass is 9.98. The van der Waals surface area contributed by atoms with E-state index in [-0.39, 0.29) is 36.9 Å². The number of amides is 2. The monoisotopic (exact) mass is 393 g/mol. The van der Waals surface area contributed by atoms with Gasteiger partial charge in [0, 0.05) is 26.1 Å². The van der Waals surface area contributed by atoms with E-state index in [1.165, 1.54) is 10.6 Å². The second kappa shape index (κ2) is 8.39. The molecule has 1 aromatic rings. The molecule has 2 fully saturated rings. The van der Waals surface area contributed by atoms with Crippen molar-refractivity contribution >= 4 is 21.8 Å². The number of nitrogens with one attached hydrogen (secondary N) is 1. The molecule has 7 nitrogen and oxygen atoms in total. The molecule has 2 aliphatic rings. The second-order valence-corrected chi connectivity index (χ2v) is 9.39. The van der Waals surface area contributed by atoms with Crippen molar-refractivity contribution in [1.29, 1.82) is 0 Å². The van der Waals surface area contributed by atoms with Gasteiger partial charge < -0.3 is 10.2 Å². The van der Waals surface area contributed by atoms with Crippen molar-refractivity contribution in [3.8, 4) is 0 Å². The van der Waals surface area contributed by atoms with Crippen molar-refractivity contribution in [3.05, 3.63) is 35.9 Å². The molecular weight excluding hydrogens is 366 g/mol. The van der Waals surface area contributed by atoms with Crippen molar-refractivity contribution in [1.82, 2.24) is 14.5 Å². The van der Waals surface area contributed by atoms with Gasteiger partial charge in [-0.05, 0) is 30.7 Å². The molecule has 2 amide bonds. The Bertz CT molecular complexity index is 781. The average molecular weight is 394 g/mol. The molecule has 0 radical (unpaired) electrons. The first-order valence-corrected chi connectivity index (χ1v) is 11.2. The summed E-state index contributed by atoms with van der Waals surface area (Å²) in [4.78, 5) is 26.5. The Labute approximate surface area is 160 Å². The highest BCUT2D eigenvalue weighted by Crippen LogP contribution is 2.31. The Morgan fingerprint density at radius 2 is 1.96 bits per heavy atom. The third kappa shape index (κ3) is 5.07. The standard InChI is InChI=1S/C19H27N3O4S/c1-27(25,26)21-12-16-8-5-9-19(24)22(17(16)13-21)14-18(23)20-11-10-15-6-3-2-4-7-15/h2-4,6-7,16-17H,5,8-14H2,1H3,(H,20,23)/t16-,17+/m1/s1. The smallest absolute Gasteiger partial charge is 0.239 e. The van der Waals surface area contributed by atoms with E-state index in [1.807, 2.05) is 30.3 Å². The van der Waals surface area contributed by atoms with Crippen LogP contribution < -0.4 is 5.32 Å². The predicted octanol–water partition coefficient (Wildman–Crippen LogP) is 0.618. The fraction of sp³-hybridized carbons (Fsp3) is 0.579. The van der Waals surface area contributed by atoms with Gasteiger partial charge in [-0.1, -0.05) is 30.3 Å². The van der Waals surface area contributed by atoms with Crippen LogP contribution in [0.1, 0.15) is 24.8 Å². The molecule has 8 heteroatoms. The summed E-state index contributed by atoms with van der Waals surface area (Å²) in [6.07, 6.45) is 3.90. The maximum atomic E-state index is 12.5. The number of carbonyl (C=O) groups is 2. The van der Waals surface area contributed by atoms with Gasteiger partial charge in [-0.3, -0.25) is 9.59 Å². The Morgan fingerprint density at radius 3 is 2.67 bits per heavy atom. The highest BCUT2D eigenvalue weighted by molar-refractivity contribution is 7.88. The third-order valence-corrected chi connectivity index (χ3v) is 6.66. The molecule has 0 bridgehead atoms. The van der Waals surface area contributed by atoms with Crippen LogP contribution in [0.4, 0.5) is 0 Å². The number of sulfonamides is 1. The van der Waals surface area contributed by atoms with Gasteiger partial charge in [0.1, 0.15) is 0 Å². The normalized spacial score (nSPS) is 23.7. The van der Waals surface area contributed by atoms with E-state index in [0.29, 0.717) is 19.5 Å². The molecule has 0 saturated carbocycles. The number of benzene rings is 1. The second-order valence-electron chi connectivity index (χ2n) is 7.41. The molecule has 27 heavy (non-hydrogen) atoms. The fourth-order valence-electron chi connectivity index (χ4n) is 3.97. The molecule has 0 aliphatic carbocycles. The first-order chi connectivity index (χ1) is 12.8. The van der Waals surface area contributed by atoms with Crippen molar-refractivity contribution in [2.24, 2.45) is 5.92 Å². The van der Waals surface area contributed by atoms with Gasteiger partial charge >= 0.3 is 0 Å². The summed E-state index contributed by atoms with van der Waals surface area (Å²) >= 11 is 0. The number of nitrogens with zero attached hydrogens (tertiary/aromatic N) is 2. The van der Waals surface area contributed by atoms with Gasteiger partial charge in [0.05, 0.1) is 18.8 Å². The van der Waals surface area contributed by atoms with E-state index in [2.05, 4.69) is 5.32 Å². The number of hydrogen-bond donors (Lipinski definition) is 1. The average Bonchev–Trinajstić information content (AvgIpc) is 2.99. The number of fused-ring (bicyclic) bond motifs is 1. The molecule has 0 spiro atoms. The van der Waals surface area contributed by atoms with Crippen molar-refractivity contribution in [3.63, 3.8) is 0 Å². The van der Waals surface area contributed by atoms with Crippen LogP contribution >= 0.6 is 0 Å². The van der Waals surface area contributed by atoms with Crippen LogP contribution in [0, 0.1) is 5.92 Å². The van der Waals surface area contributed by atoms with Crippen molar-refractivity contribution in [2.75, 3.05) is 32.4 Å². The van der Waals surface area contributed by atoms with Crippen LogP contribution in [0.2, 0.25) is 0 Å². The minimum absolute atomic E-state index is 0.00755. The molecule has 2 atom stereocenters. The highest BCUT2D eigenvalue weighted by atomic mass is 32.2. The summed E-state index contributed by atoms with van der Waals surface area (Å²) in [5, 5.41) is 2.88. The molecule has 2 saturated heterocycles. The Balaban J connectivity index is 1.59. The van der Waals surface area contributed by atoms with Gasteiger partial charge in [0.2, 0.25) is 21.8 Å². The lowest BCUT2D eigenvalue weighted by molar-refractivity contribution is -0.138. The lowest BCUT2D eigenvalue weighted by Gasteiger charge is -2.29. The van der Waals surface area contributed by atoms with Gasteiger partial charge in [-0.25, -0.2) is 8.42 Å². The first-order valence-electron chi connectivity index (χ1n) is 9.40. The summed E-state index contributed by atoms with van der Waals surface area (Å²) in [5.74, 6) is -0.155. The summed E-state index contributed by atoms with van der Waals surface area (Å²) in [6, 6.07) is 9.67. The van der Waals surface area contributed by atoms with Crippen LogP contribution in [0.3, 0.4) is 0 Å². The van der Waals surface area contributed by atoms with Crippen molar-refractivity contribution in [2.45, 2.75) is 31.7 Å². The molecule has 1 N–H and O–H groups in total. The predicted molar refractivity (Wildman–Crippen MR) is 102 cm³/mol. The molecule has 1 aromatic carbocycles. The van der Waals surface area contributed by atoms with Crippen LogP contribution in [0.5, 0.6) is 0 Å². The molecule has 2 heterocycles. The van der Waals surface area contributed by atoms with E-state index in [4.69, 9.17) is 0 Å². The van der Waals surface area contributed by atoms with E-state index in [1.54, 1.807) is 4.90 Å². The third-order valence-electron chi connectivity index (χ3n) is 5.42. The van der Waals surface area contributed by atoms with E-state index in [0.717, 1.165) is 24.8 Å². The SMILES string of the molecule is CS(=O)(=O)N1C[C@H]2CCCC(=O)N(CC(=O)NCCc3ccccc3)[C@H]2C1. The minimum atomic E-state index is -3.29. The minimum Gasteiger partial charge on any atom is -0.354 e. The summed E-state index contributed by atoms with van der Waals surface area (Å²) in [6.45, 7) is 1.22. The van der Waals surface area contributed by atoms with E-state index >= 15 is 0 Å². The molecule has 2 aliphatic heterocycles. The van der Waals surface area contributed by atoms with Crippen LogP contribution in [-0.2, 0) is 26.0 Å². The lowest BCUT2D eigenvalue weighted by Crippen LogP contribution is -2.48. The Kier molecular flexibility index (Phi) is 6.16. The fourth-order valence-corrected chi connectivity index (χ4v) is 4.86. The van der Waals surface area contributed by atoms with Crippen molar-refractivity contribution < 1.29 is 18.0 Å². The van der Waals surface area contributed by atoms with Gasteiger partial charge in [0.15, 0.2) is 0 Å². The highest BCUT2D eigenvalue weighted by Gasteiger charge is 2.43. The number of likely N-dealkylation sites (tertiary alicyclic amines) is 1. The summed E-state index contributed by atoms with van der Waals surface area (Å²) < 4.78 is 25.2. The zero-order valence-corrected chi connectivity index (χ0v) is 16.5. The number of carbonyl (C=O) groups excluding carboxylic acids is 2. The number of hydrogen-bond acceptors (Lipinski definition) is 4. The van der Waals surface area contributed by atoms with Gasteiger partial charge in [-0.2, -0.15) is 4.31 Å². The van der Waals surface area contributed by atoms with Crippen LogP contribution in [-0.4, -0.2) is 67.9 Å². The molecule has 3 rings (SSSR count). The zero-order valence-electron chi connectivity index (χ0n) is 15.6. The summed E-state index contributed by atoms with van der Waals surface area (Å²) in [5.41, 5.74) is 1.14. The zero-order chi connectivity index (χ0) is 19.4. The molecule has 0 unspecified atom stereocenters. The molecule has 0 aromatic heterocycles. The molecule has 148 valence electrons. The largest absolute Gasteiger partial charge is 0.354 e. The van der Waals surface area contributed by atoms with Gasteiger partial charge in [-0.15, -0.1) is 0 Å².